The van der Waals surface area contributed by atoms with Crippen LogP contribution in [0.4, 0.5) is 10.1 Å². The Balaban J connectivity index is 2.16. The van der Waals surface area contributed by atoms with Gasteiger partial charge in [-0.3, -0.25) is 9.10 Å². The van der Waals surface area contributed by atoms with Crippen molar-refractivity contribution in [3.8, 4) is 5.75 Å². The van der Waals surface area contributed by atoms with Crippen molar-refractivity contribution in [2.75, 3.05) is 24.2 Å². The molecule has 0 saturated carbocycles. The average Bonchev–Trinajstić information content (AvgIpc) is 2.62. The molecule has 0 saturated heterocycles. The van der Waals surface area contributed by atoms with Gasteiger partial charge in [0.25, 0.3) is 0 Å². The molecule has 0 spiro atoms. The molecular weight excluding hydrogens is 407 g/mol. The number of carbonyl (C=O) groups excluding carboxylic acids is 1. The zero-order valence-corrected chi connectivity index (χ0v) is 17.3. The van der Waals surface area contributed by atoms with Gasteiger partial charge in [0.2, 0.25) is 15.9 Å². The number of sulfonamides is 1. The highest BCUT2D eigenvalue weighted by molar-refractivity contribution is 7.92. The third-order valence-electron chi connectivity index (χ3n) is 4.09. The van der Waals surface area contributed by atoms with Crippen molar-refractivity contribution < 1.29 is 22.3 Å². The topological polar surface area (TPSA) is 75.7 Å². The highest BCUT2D eigenvalue weighted by Gasteiger charge is 2.31. The van der Waals surface area contributed by atoms with E-state index in [0.717, 1.165) is 16.1 Å². The predicted octanol–water partition coefficient (Wildman–Crippen LogP) is 3.00. The average molecular weight is 429 g/mol. The maximum Gasteiger partial charge on any atom is 0.243 e. The van der Waals surface area contributed by atoms with Crippen molar-refractivity contribution in [1.82, 2.24) is 5.32 Å². The van der Waals surface area contributed by atoms with Gasteiger partial charge in [-0.05, 0) is 49.2 Å². The molecule has 6 nitrogen and oxygen atoms in total. The summed E-state index contributed by atoms with van der Waals surface area (Å²) in [5.41, 5.74) is 1.03. The van der Waals surface area contributed by atoms with Crippen LogP contribution in [0, 0.1) is 5.82 Å². The molecule has 0 unspecified atom stereocenters. The number of amides is 1. The van der Waals surface area contributed by atoms with Crippen LogP contribution in [0.1, 0.15) is 12.5 Å². The van der Waals surface area contributed by atoms with E-state index in [1.54, 1.807) is 18.2 Å². The second-order valence-corrected chi connectivity index (χ2v) is 8.51. The van der Waals surface area contributed by atoms with Gasteiger partial charge in [0.1, 0.15) is 17.6 Å². The monoisotopic (exact) mass is 428 g/mol. The van der Waals surface area contributed by atoms with Crippen molar-refractivity contribution in [2.24, 2.45) is 0 Å². The number of rotatable bonds is 8. The summed E-state index contributed by atoms with van der Waals surface area (Å²) in [6.07, 6.45) is 1.49. The zero-order chi connectivity index (χ0) is 20.9. The van der Waals surface area contributed by atoms with Gasteiger partial charge in [-0.2, -0.15) is 0 Å². The fourth-order valence-electron chi connectivity index (χ4n) is 2.75. The fraction of sp³-hybridized carbons (Fsp3) is 0.316. The number of methoxy groups -OCH3 is 1. The molecule has 0 radical (unpaired) electrons. The van der Waals surface area contributed by atoms with Gasteiger partial charge in [-0.1, -0.05) is 23.7 Å². The van der Waals surface area contributed by atoms with E-state index in [1.807, 2.05) is 0 Å². The molecule has 9 heteroatoms. The number of ether oxygens (including phenoxy) is 1. The number of benzene rings is 2. The predicted molar refractivity (Wildman–Crippen MR) is 108 cm³/mol. The van der Waals surface area contributed by atoms with Gasteiger partial charge in [-0.15, -0.1) is 0 Å². The van der Waals surface area contributed by atoms with Gasteiger partial charge in [-0.25, -0.2) is 12.8 Å². The fourth-order valence-corrected chi connectivity index (χ4v) is 4.08. The van der Waals surface area contributed by atoms with E-state index in [1.165, 1.54) is 38.3 Å². The molecule has 1 N–H and O–H groups in total. The van der Waals surface area contributed by atoms with Crippen molar-refractivity contribution in [2.45, 2.75) is 19.4 Å². The molecule has 0 aromatic heterocycles. The Morgan fingerprint density at radius 2 is 1.89 bits per heavy atom. The summed E-state index contributed by atoms with van der Waals surface area (Å²) >= 11 is 6.01. The molecule has 2 aromatic carbocycles. The first-order valence-corrected chi connectivity index (χ1v) is 10.7. The first-order chi connectivity index (χ1) is 13.1. The third-order valence-corrected chi connectivity index (χ3v) is 5.56. The molecule has 152 valence electrons. The minimum atomic E-state index is -3.80. The van der Waals surface area contributed by atoms with Crippen LogP contribution < -0.4 is 14.4 Å². The molecule has 1 amide bonds. The van der Waals surface area contributed by atoms with Crippen molar-refractivity contribution >= 4 is 33.2 Å². The molecular formula is C19H22ClFN2O4S. The Bertz CT molecular complexity index is 935. The minimum absolute atomic E-state index is 0.179. The molecule has 0 fully saturated rings. The van der Waals surface area contributed by atoms with Crippen LogP contribution in [0.3, 0.4) is 0 Å². The van der Waals surface area contributed by atoms with Crippen molar-refractivity contribution in [3.05, 3.63) is 58.9 Å². The van der Waals surface area contributed by atoms with Gasteiger partial charge < -0.3 is 10.1 Å². The van der Waals surface area contributed by atoms with E-state index in [9.17, 15) is 17.6 Å². The van der Waals surface area contributed by atoms with E-state index < -0.39 is 22.0 Å². The van der Waals surface area contributed by atoms with Crippen LogP contribution in [-0.4, -0.2) is 40.3 Å². The number of carbonyl (C=O) groups is 1. The first kappa shape index (κ1) is 22.0. The smallest absolute Gasteiger partial charge is 0.243 e. The molecule has 2 aromatic rings. The van der Waals surface area contributed by atoms with Gasteiger partial charge >= 0.3 is 0 Å². The number of hydrogen-bond donors (Lipinski definition) is 1. The third kappa shape index (κ3) is 5.59. The molecule has 1 atom stereocenters. The minimum Gasteiger partial charge on any atom is -0.495 e. The van der Waals surface area contributed by atoms with Crippen molar-refractivity contribution in [3.63, 3.8) is 0 Å². The lowest BCUT2D eigenvalue weighted by Gasteiger charge is -2.29. The van der Waals surface area contributed by atoms with E-state index in [-0.39, 0.29) is 23.8 Å². The van der Waals surface area contributed by atoms with Crippen LogP contribution in [0.2, 0.25) is 5.02 Å². The SMILES string of the molecule is COc1ccc(Cl)cc1N([C@@H](C)C(=O)NCCc1ccc(F)cc1)S(C)(=O)=O. The Kier molecular flexibility index (Phi) is 7.26. The van der Waals surface area contributed by atoms with Crippen LogP contribution >= 0.6 is 11.6 Å². The van der Waals surface area contributed by atoms with Crippen LogP contribution in [0.25, 0.3) is 0 Å². The normalized spacial score (nSPS) is 12.3. The Morgan fingerprint density at radius 1 is 1.25 bits per heavy atom. The summed E-state index contributed by atoms with van der Waals surface area (Å²) in [4.78, 5) is 12.6. The number of halogens is 2. The number of hydrogen-bond acceptors (Lipinski definition) is 4. The summed E-state index contributed by atoms with van der Waals surface area (Å²) in [7, 11) is -2.40. The highest BCUT2D eigenvalue weighted by Crippen LogP contribution is 2.34. The number of nitrogens with zero attached hydrogens (tertiary/aromatic N) is 1. The number of anilines is 1. The second kappa shape index (κ2) is 9.25. The molecule has 0 aliphatic carbocycles. The quantitative estimate of drug-likeness (QED) is 0.701. The largest absolute Gasteiger partial charge is 0.495 e. The highest BCUT2D eigenvalue weighted by atomic mass is 35.5. The summed E-state index contributed by atoms with van der Waals surface area (Å²) in [6.45, 7) is 1.76. The second-order valence-electron chi connectivity index (χ2n) is 6.22. The first-order valence-electron chi connectivity index (χ1n) is 8.48. The van der Waals surface area contributed by atoms with E-state index in [2.05, 4.69) is 5.32 Å². The summed E-state index contributed by atoms with van der Waals surface area (Å²) in [6, 6.07) is 9.45. The van der Waals surface area contributed by atoms with Crippen molar-refractivity contribution in [1.29, 1.82) is 0 Å². The van der Waals surface area contributed by atoms with E-state index in [4.69, 9.17) is 16.3 Å². The summed E-state index contributed by atoms with van der Waals surface area (Å²) in [5, 5.41) is 3.02. The molecule has 0 aliphatic rings. The zero-order valence-electron chi connectivity index (χ0n) is 15.8. The Labute approximate surface area is 169 Å². The molecule has 28 heavy (non-hydrogen) atoms. The molecule has 0 heterocycles. The summed E-state index contributed by atoms with van der Waals surface area (Å²) < 4.78 is 43.9. The van der Waals surface area contributed by atoms with Gasteiger partial charge in [0.15, 0.2) is 0 Å². The maximum atomic E-state index is 12.9. The van der Waals surface area contributed by atoms with Crippen LogP contribution in [-0.2, 0) is 21.2 Å². The van der Waals surface area contributed by atoms with E-state index in [0.29, 0.717) is 11.4 Å². The van der Waals surface area contributed by atoms with E-state index >= 15 is 0 Å². The molecule has 0 aliphatic heterocycles. The Morgan fingerprint density at radius 3 is 2.46 bits per heavy atom. The molecule has 0 bridgehead atoms. The standard InChI is InChI=1S/C19H22ClFN2O4S/c1-13(19(24)22-11-10-14-4-7-16(21)8-5-14)23(28(3,25)26)17-12-15(20)6-9-18(17)27-2/h4-9,12-13H,10-11H2,1-3H3,(H,22,24)/t13-/m0/s1. The molecule has 2 rings (SSSR count). The Hall–Kier alpha value is -2.32. The van der Waals surface area contributed by atoms with Crippen LogP contribution in [0.5, 0.6) is 5.75 Å². The summed E-state index contributed by atoms with van der Waals surface area (Å²) in [5.74, 6) is -0.531. The van der Waals surface area contributed by atoms with Gasteiger partial charge in [0.05, 0.1) is 19.1 Å². The lowest BCUT2D eigenvalue weighted by Crippen LogP contribution is -2.48. The maximum absolute atomic E-state index is 12.9. The lowest BCUT2D eigenvalue weighted by molar-refractivity contribution is -0.121. The lowest BCUT2D eigenvalue weighted by atomic mass is 10.1. The number of nitrogens with one attached hydrogen (secondary N) is 1. The van der Waals surface area contributed by atoms with Gasteiger partial charge in [0, 0.05) is 11.6 Å². The van der Waals surface area contributed by atoms with Crippen LogP contribution in [0.15, 0.2) is 42.5 Å².